The molecule has 88 valence electrons. The van der Waals surface area contributed by atoms with E-state index >= 15 is 0 Å². The van der Waals surface area contributed by atoms with Gasteiger partial charge >= 0.3 is 5.97 Å². The van der Waals surface area contributed by atoms with Gasteiger partial charge in [0, 0.05) is 6.42 Å². The number of benzene rings is 1. The van der Waals surface area contributed by atoms with Gasteiger partial charge in [-0.25, -0.2) is 8.78 Å². The summed E-state index contributed by atoms with van der Waals surface area (Å²) in [6, 6.07) is 1.34. The first-order valence-corrected chi connectivity index (χ1v) is 4.90. The predicted molar refractivity (Wildman–Crippen MR) is 51.5 cm³/mol. The Bertz CT molecular complexity index is 391. The largest absolute Gasteiger partial charge is 0.420 e. The lowest BCUT2D eigenvalue weighted by molar-refractivity contribution is -0.134. The minimum atomic E-state index is -1.48. The number of carbonyl (C=O) groups excluding carboxylic acids is 1. The molecular formula is C11H11F3O2. The van der Waals surface area contributed by atoms with Crippen LogP contribution in [0.3, 0.4) is 0 Å². The number of carbonyl (C=O) groups is 1. The van der Waals surface area contributed by atoms with Crippen molar-refractivity contribution in [2.45, 2.75) is 26.2 Å². The third-order valence-corrected chi connectivity index (χ3v) is 1.95. The summed E-state index contributed by atoms with van der Waals surface area (Å²) in [4.78, 5) is 11.1. The lowest BCUT2D eigenvalue weighted by Crippen LogP contribution is -2.10. The van der Waals surface area contributed by atoms with Crippen LogP contribution < -0.4 is 4.74 Å². The van der Waals surface area contributed by atoms with Gasteiger partial charge in [-0.05, 0) is 18.6 Å². The lowest BCUT2D eigenvalue weighted by atomic mass is 10.2. The highest BCUT2D eigenvalue weighted by Gasteiger charge is 2.18. The number of rotatable bonds is 4. The molecule has 0 heterocycles. The van der Waals surface area contributed by atoms with Crippen LogP contribution in [-0.4, -0.2) is 5.97 Å². The number of unbranched alkanes of at least 4 members (excludes halogenated alkanes) is 1. The molecule has 1 aromatic carbocycles. The zero-order chi connectivity index (χ0) is 12.1. The van der Waals surface area contributed by atoms with Crippen LogP contribution in [0.25, 0.3) is 0 Å². The molecule has 0 aromatic heterocycles. The second kappa shape index (κ2) is 5.53. The maximum absolute atomic E-state index is 13.1. The van der Waals surface area contributed by atoms with Crippen molar-refractivity contribution in [3.05, 3.63) is 29.6 Å². The Hall–Kier alpha value is -1.52. The number of hydrogen-bond acceptors (Lipinski definition) is 2. The van der Waals surface area contributed by atoms with Crippen LogP contribution in [0, 0.1) is 17.5 Å². The molecule has 2 nitrogen and oxygen atoms in total. The van der Waals surface area contributed by atoms with Crippen molar-refractivity contribution in [2.24, 2.45) is 0 Å². The predicted octanol–water partition coefficient (Wildman–Crippen LogP) is 3.20. The Morgan fingerprint density at radius 2 is 1.88 bits per heavy atom. The second-order valence-electron chi connectivity index (χ2n) is 3.25. The van der Waals surface area contributed by atoms with Crippen molar-refractivity contribution in [1.82, 2.24) is 0 Å². The molecular weight excluding hydrogens is 221 g/mol. The van der Waals surface area contributed by atoms with Crippen LogP contribution in [0.2, 0.25) is 0 Å². The van der Waals surface area contributed by atoms with E-state index in [4.69, 9.17) is 0 Å². The Morgan fingerprint density at radius 3 is 2.50 bits per heavy atom. The van der Waals surface area contributed by atoms with Gasteiger partial charge in [0.2, 0.25) is 11.6 Å². The summed E-state index contributed by atoms with van der Waals surface area (Å²) in [5.41, 5.74) is 0. The highest BCUT2D eigenvalue weighted by atomic mass is 19.2. The molecule has 0 unspecified atom stereocenters. The standard InChI is InChI=1S/C11H11F3O2/c1-2-3-4-9(15)16-11-8(13)6-5-7(12)10(11)14/h5-6H,2-4H2,1H3. The minimum absolute atomic E-state index is 0.0475. The second-order valence-corrected chi connectivity index (χ2v) is 3.25. The fourth-order valence-electron chi connectivity index (χ4n) is 1.09. The Kier molecular flexibility index (Phi) is 4.34. The van der Waals surface area contributed by atoms with E-state index in [1.807, 2.05) is 6.92 Å². The fourth-order valence-corrected chi connectivity index (χ4v) is 1.09. The molecule has 0 aliphatic heterocycles. The zero-order valence-electron chi connectivity index (χ0n) is 8.73. The molecule has 0 amide bonds. The molecule has 0 fully saturated rings. The molecule has 1 rings (SSSR count). The van der Waals surface area contributed by atoms with Crippen molar-refractivity contribution in [3.63, 3.8) is 0 Å². The third kappa shape index (κ3) is 2.98. The van der Waals surface area contributed by atoms with Crippen LogP contribution in [0.15, 0.2) is 12.1 Å². The van der Waals surface area contributed by atoms with E-state index in [0.717, 1.165) is 6.42 Å². The normalized spacial score (nSPS) is 10.2. The smallest absolute Gasteiger partial charge is 0.311 e. The molecule has 1 aromatic rings. The topological polar surface area (TPSA) is 26.3 Å². The van der Waals surface area contributed by atoms with E-state index in [1.54, 1.807) is 0 Å². The Labute approximate surface area is 91.0 Å². The minimum Gasteiger partial charge on any atom is -0.420 e. The highest BCUT2D eigenvalue weighted by molar-refractivity contribution is 5.72. The van der Waals surface area contributed by atoms with Crippen LogP contribution in [0.5, 0.6) is 5.75 Å². The summed E-state index contributed by atoms with van der Waals surface area (Å²) in [5, 5.41) is 0. The number of ether oxygens (including phenoxy) is 1. The van der Waals surface area contributed by atoms with E-state index in [9.17, 15) is 18.0 Å². The number of esters is 1. The molecule has 0 bridgehead atoms. The zero-order valence-corrected chi connectivity index (χ0v) is 8.73. The maximum Gasteiger partial charge on any atom is 0.311 e. The Morgan fingerprint density at radius 1 is 1.25 bits per heavy atom. The summed E-state index contributed by atoms with van der Waals surface area (Å²) >= 11 is 0. The van der Waals surface area contributed by atoms with Crippen molar-refractivity contribution in [3.8, 4) is 5.75 Å². The van der Waals surface area contributed by atoms with Crippen LogP contribution in [0.1, 0.15) is 26.2 Å². The van der Waals surface area contributed by atoms with Gasteiger partial charge in [0.05, 0.1) is 0 Å². The molecule has 5 heteroatoms. The third-order valence-electron chi connectivity index (χ3n) is 1.95. The van der Waals surface area contributed by atoms with E-state index in [1.165, 1.54) is 0 Å². The van der Waals surface area contributed by atoms with Crippen molar-refractivity contribution in [1.29, 1.82) is 0 Å². The molecule has 0 saturated heterocycles. The van der Waals surface area contributed by atoms with Crippen molar-refractivity contribution in [2.75, 3.05) is 0 Å². The summed E-state index contributed by atoms with van der Waals surface area (Å²) in [5.74, 6) is -5.57. The summed E-state index contributed by atoms with van der Waals surface area (Å²) in [7, 11) is 0. The molecule has 0 N–H and O–H groups in total. The first kappa shape index (κ1) is 12.5. The van der Waals surface area contributed by atoms with Gasteiger partial charge in [0.25, 0.3) is 0 Å². The molecule has 0 spiro atoms. The first-order valence-electron chi connectivity index (χ1n) is 4.90. The monoisotopic (exact) mass is 232 g/mol. The van der Waals surface area contributed by atoms with E-state index in [0.29, 0.717) is 18.6 Å². The summed E-state index contributed by atoms with van der Waals surface area (Å²) in [6.07, 6.45) is 1.35. The fraction of sp³-hybridized carbons (Fsp3) is 0.364. The van der Waals surface area contributed by atoms with Gasteiger partial charge in [0.1, 0.15) is 0 Å². The molecule has 0 atom stereocenters. The van der Waals surface area contributed by atoms with E-state index in [-0.39, 0.29) is 6.42 Å². The molecule has 0 aliphatic carbocycles. The molecule has 0 saturated carbocycles. The lowest BCUT2D eigenvalue weighted by Gasteiger charge is -2.06. The van der Waals surface area contributed by atoms with Crippen LogP contribution in [-0.2, 0) is 4.79 Å². The average Bonchev–Trinajstić information content (AvgIpc) is 2.27. The van der Waals surface area contributed by atoms with Gasteiger partial charge in [-0.3, -0.25) is 4.79 Å². The van der Waals surface area contributed by atoms with Crippen molar-refractivity contribution < 1.29 is 22.7 Å². The number of halogens is 3. The molecule has 16 heavy (non-hydrogen) atoms. The SMILES string of the molecule is CCCCC(=O)Oc1c(F)ccc(F)c1F. The van der Waals surface area contributed by atoms with E-state index < -0.39 is 29.2 Å². The van der Waals surface area contributed by atoms with Gasteiger partial charge in [-0.15, -0.1) is 0 Å². The van der Waals surface area contributed by atoms with Gasteiger partial charge in [-0.1, -0.05) is 13.3 Å². The molecule has 0 radical (unpaired) electrons. The quantitative estimate of drug-likeness (QED) is 0.452. The van der Waals surface area contributed by atoms with Crippen LogP contribution in [0.4, 0.5) is 13.2 Å². The Balaban J connectivity index is 2.80. The summed E-state index contributed by atoms with van der Waals surface area (Å²) in [6.45, 7) is 1.86. The highest BCUT2D eigenvalue weighted by Crippen LogP contribution is 2.24. The van der Waals surface area contributed by atoms with Gasteiger partial charge in [0.15, 0.2) is 11.6 Å². The molecule has 0 aliphatic rings. The van der Waals surface area contributed by atoms with Crippen LogP contribution >= 0.6 is 0 Å². The summed E-state index contributed by atoms with van der Waals surface area (Å²) < 4.78 is 43.2. The average molecular weight is 232 g/mol. The maximum atomic E-state index is 13.1. The first-order chi connectivity index (χ1) is 7.56. The van der Waals surface area contributed by atoms with E-state index in [2.05, 4.69) is 4.74 Å². The van der Waals surface area contributed by atoms with Gasteiger partial charge in [-0.2, -0.15) is 4.39 Å². The van der Waals surface area contributed by atoms with Gasteiger partial charge < -0.3 is 4.74 Å². The van der Waals surface area contributed by atoms with Crippen molar-refractivity contribution >= 4 is 5.97 Å². The number of hydrogen-bond donors (Lipinski definition) is 0.